The zero-order valence-electron chi connectivity index (χ0n) is 14.2. The van der Waals surface area contributed by atoms with Crippen LogP contribution in [0.15, 0.2) is 4.99 Å². The molecule has 1 saturated heterocycles. The summed E-state index contributed by atoms with van der Waals surface area (Å²) in [5.74, 6) is 1.58. The van der Waals surface area contributed by atoms with E-state index in [-0.39, 0.29) is 0 Å². The summed E-state index contributed by atoms with van der Waals surface area (Å²) >= 11 is 0. The topological polar surface area (TPSA) is 48.9 Å². The second-order valence-electron chi connectivity index (χ2n) is 6.12. The molecule has 0 saturated carbocycles. The van der Waals surface area contributed by atoms with Crippen LogP contribution >= 0.6 is 0 Å². The van der Waals surface area contributed by atoms with Crippen LogP contribution in [-0.4, -0.2) is 63.8 Å². The standard InChI is InChI=1S/C16H34N4O/c1-15(2)7-13-21-14-9-19-16(17-3)18-8-12-20-10-5-4-6-11-20/h15H,4-14H2,1-3H3,(H2,17,18,19). The molecule has 0 aromatic heterocycles. The lowest BCUT2D eigenvalue weighted by Crippen LogP contribution is -2.43. The van der Waals surface area contributed by atoms with Gasteiger partial charge in [-0.15, -0.1) is 0 Å². The summed E-state index contributed by atoms with van der Waals surface area (Å²) in [4.78, 5) is 6.76. The first-order valence-corrected chi connectivity index (χ1v) is 8.47. The minimum Gasteiger partial charge on any atom is -0.380 e. The Balaban J connectivity index is 1.98. The average Bonchev–Trinajstić information content (AvgIpc) is 2.49. The molecule has 1 aliphatic heterocycles. The fraction of sp³-hybridized carbons (Fsp3) is 0.938. The Bertz CT molecular complexity index is 275. The summed E-state index contributed by atoms with van der Waals surface area (Å²) in [6.45, 7) is 11.4. The smallest absolute Gasteiger partial charge is 0.191 e. The molecule has 0 radical (unpaired) electrons. The van der Waals surface area contributed by atoms with E-state index in [0.29, 0.717) is 5.92 Å². The number of aliphatic imine (C=N–C) groups is 1. The zero-order chi connectivity index (χ0) is 15.3. The monoisotopic (exact) mass is 298 g/mol. The van der Waals surface area contributed by atoms with Crippen LogP contribution in [0.4, 0.5) is 0 Å². The van der Waals surface area contributed by atoms with Crippen molar-refractivity contribution in [2.24, 2.45) is 10.9 Å². The summed E-state index contributed by atoms with van der Waals surface area (Å²) in [5, 5.41) is 6.66. The molecule has 0 bridgehead atoms. The van der Waals surface area contributed by atoms with Crippen LogP contribution in [0.1, 0.15) is 39.5 Å². The molecular weight excluding hydrogens is 264 g/mol. The molecule has 2 N–H and O–H groups in total. The van der Waals surface area contributed by atoms with Gasteiger partial charge in [0.1, 0.15) is 0 Å². The minimum atomic E-state index is 0.710. The number of hydrogen-bond donors (Lipinski definition) is 2. The maximum absolute atomic E-state index is 5.59. The summed E-state index contributed by atoms with van der Waals surface area (Å²) < 4.78 is 5.59. The first-order chi connectivity index (χ1) is 10.2. The fourth-order valence-electron chi connectivity index (χ4n) is 2.40. The van der Waals surface area contributed by atoms with Crippen molar-refractivity contribution < 1.29 is 4.74 Å². The molecule has 21 heavy (non-hydrogen) atoms. The van der Waals surface area contributed by atoms with Gasteiger partial charge in [-0.3, -0.25) is 4.99 Å². The van der Waals surface area contributed by atoms with Gasteiger partial charge in [-0.2, -0.15) is 0 Å². The number of likely N-dealkylation sites (tertiary alicyclic amines) is 1. The van der Waals surface area contributed by atoms with Crippen molar-refractivity contribution >= 4 is 5.96 Å². The summed E-state index contributed by atoms with van der Waals surface area (Å²) in [5.41, 5.74) is 0. The Morgan fingerprint density at radius 2 is 1.81 bits per heavy atom. The largest absolute Gasteiger partial charge is 0.380 e. The van der Waals surface area contributed by atoms with E-state index in [9.17, 15) is 0 Å². The van der Waals surface area contributed by atoms with Gasteiger partial charge in [-0.25, -0.2) is 0 Å². The highest BCUT2D eigenvalue weighted by atomic mass is 16.5. The number of rotatable bonds is 9. The van der Waals surface area contributed by atoms with Crippen LogP contribution in [0, 0.1) is 5.92 Å². The molecule has 0 aliphatic carbocycles. The highest BCUT2D eigenvalue weighted by molar-refractivity contribution is 5.79. The van der Waals surface area contributed by atoms with Crippen molar-refractivity contribution in [3.05, 3.63) is 0 Å². The molecule has 0 amide bonds. The van der Waals surface area contributed by atoms with Crippen molar-refractivity contribution in [3.8, 4) is 0 Å². The molecule has 0 spiro atoms. The summed E-state index contributed by atoms with van der Waals surface area (Å²) in [6.07, 6.45) is 5.22. The second kappa shape index (κ2) is 11.8. The van der Waals surface area contributed by atoms with Crippen molar-refractivity contribution in [1.82, 2.24) is 15.5 Å². The lowest BCUT2D eigenvalue weighted by molar-refractivity contribution is 0.128. The van der Waals surface area contributed by atoms with E-state index in [1.165, 1.54) is 32.4 Å². The molecule has 0 aromatic carbocycles. The van der Waals surface area contributed by atoms with Gasteiger partial charge >= 0.3 is 0 Å². The molecule has 1 rings (SSSR count). The first kappa shape index (κ1) is 18.2. The van der Waals surface area contributed by atoms with Crippen LogP contribution in [-0.2, 0) is 4.74 Å². The maximum Gasteiger partial charge on any atom is 0.191 e. The van der Waals surface area contributed by atoms with Crippen molar-refractivity contribution in [1.29, 1.82) is 0 Å². The van der Waals surface area contributed by atoms with Gasteiger partial charge in [0.25, 0.3) is 0 Å². The predicted molar refractivity (Wildman–Crippen MR) is 89.9 cm³/mol. The molecule has 1 fully saturated rings. The normalized spacial score (nSPS) is 17.2. The number of hydrogen-bond acceptors (Lipinski definition) is 3. The second-order valence-corrected chi connectivity index (χ2v) is 6.12. The summed E-state index contributed by atoms with van der Waals surface area (Å²) in [6, 6.07) is 0. The fourth-order valence-corrected chi connectivity index (χ4v) is 2.40. The van der Waals surface area contributed by atoms with E-state index in [2.05, 4.69) is 34.4 Å². The Kier molecular flexibility index (Phi) is 10.3. The van der Waals surface area contributed by atoms with Gasteiger partial charge < -0.3 is 20.3 Å². The number of nitrogens with one attached hydrogen (secondary N) is 2. The molecule has 0 aromatic rings. The SMILES string of the molecule is CN=C(NCCOCCC(C)C)NCCN1CCCCC1. The van der Waals surface area contributed by atoms with Crippen molar-refractivity contribution in [3.63, 3.8) is 0 Å². The number of piperidine rings is 1. The maximum atomic E-state index is 5.59. The third kappa shape index (κ3) is 9.69. The van der Waals surface area contributed by atoms with E-state index < -0.39 is 0 Å². The van der Waals surface area contributed by atoms with Crippen LogP contribution in [0.3, 0.4) is 0 Å². The number of guanidine groups is 1. The lowest BCUT2D eigenvalue weighted by Gasteiger charge is -2.26. The Hall–Kier alpha value is -0.810. The van der Waals surface area contributed by atoms with Gasteiger partial charge in [0.15, 0.2) is 5.96 Å². The third-order valence-electron chi connectivity index (χ3n) is 3.77. The molecule has 5 nitrogen and oxygen atoms in total. The van der Waals surface area contributed by atoms with Crippen LogP contribution in [0.2, 0.25) is 0 Å². The van der Waals surface area contributed by atoms with E-state index in [4.69, 9.17) is 4.74 Å². The van der Waals surface area contributed by atoms with E-state index >= 15 is 0 Å². The molecule has 1 aliphatic rings. The van der Waals surface area contributed by atoms with Crippen LogP contribution < -0.4 is 10.6 Å². The highest BCUT2D eigenvalue weighted by Crippen LogP contribution is 2.07. The highest BCUT2D eigenvalue weighted by Gasteiger charge is 2.09. The Morgan fingerprint density at radius 3 is 2.48 bits per heavy atom. The van der Waals surface area contributed by atoms with Gasteiger partial charge in [-0.05, 0) is 38.3 Å². The average molecular weight is 298 g/mol. The van der Waals surface area contributed by atoms with Gasteiger partial charge in [0, 0.05) is 33.3 Å². The van der Waals surface area contributed by atoms with Crippen LogP contribution in [0.5, 0.6) is 0 Å². The quantitative estimate of drug-likeness (QED) is 0.386. The number of nitrogens with zero attached hydrogens (tertiary/aromatic N) is 2. The predicted octanol–water partition coefficient (Wildman–Crippen LogP) is 1.70. The van der Waals surface area contributed by atoms with Crippen molar-refractivity contribution in [2.45, 2.75) is 39.5 Å². The van der Waals surface area contributed by atoms with E-state index in [0.717, 1.165) is 45.2 Å². The Morgan fingerprint density at radius 1 is 1.10 bits per heavy atom. The summed E-state index contributed by atoms with van der Waals surface area (Å²) in [7, 11) is 1.82. The lowest BCUT2D eigenvalue weighted by atomic mass is 10.1. The van der Waals surface area contributed by atoms with Crippen LogP contribution in [0.25, 0.3) is 0 Å². The van der Waals surface area contributed by atoms with Gasteiger partial charge in [0.05, 0.1) is 6.61 Å². The molecule has 124 valence electrons. The molecular formula is C16H34N4O. The minimum absolute atomic E-state index is 0.710. The zero-order valence-corrected chi connectivity index (χ0v) is 14.2. The third-order valence-corrected chi connectivity index (χ3v) is 3.77. The Labute approximate surface area is 130 Å². The number of ether oxygens (including phenoxy) is 1. The molecule has 1 heterocycles. The molecule has 0 unspecified atom stereocenters. The van der Waals surface area contributed by atoms with Gasteiger partial charge in [-0.1, -0.05) is 20.3 Å². The van der Waals surface area contributed by atoms with Crippen molar-refractivity contribution in [2.75, 3.05) is 53.0 Å². The first-order valence-electron chi connectivity index (χ1n) is 8.47. The van der Waals surface area contributed by atoms with E-state index in [1.54, 1.807) is 0 Å². The molecule has 0 atom stereocenters. The van der Waals surface area contributed by atoms with E-state index in [1.807, 2.05) is 7.05 Å². The van der Waals surface area contributed by atoms with Gasteiger partial charge in [0.2, 0.25) is 0 Å². The molecule has 5 heteroatoms.